The van der Waals surface area contributed by atoms with Crippen molar-refractivity contribution in [2.24, 2.45) is 0 Å². The number of carbonyl (C=O) groups is 1. The first-order chi connectivity index (χ1) is 9.79. The summed E-state index contributed by atoms with van der Waals surface area (Å²) in [7, 11) is 0. The second-order valence-corrected chi connectivity index (χ2v) is 4.91. The van der Waals surface area contributed by atoms with Crippen molar-refractivity contribution in [2.45, 2.75) is 25.7 Å². The molecule has 2 rings (SSSR count). The summed E-state index contributed by atoms with van der Waals surface area (Å²) < 4.78 is 5.66. The van der Waals surface area contributed by atoms with Crippen LogP contribution >= 0.6 is 0 Å². The lowest BCUT2D eigenvalue weighted by atomic mass is 9.92. The molecule has 0 atom stereocenters. The molecule has 0 bridgehead atoms. The number of carbonyl (C=O) groups excluding carboxylic acids is 1. The van der Waals surface area contributed by atoms with Crippen LogP contribution in [0.1, 0.15) is 24.0 Å². The number of amides is 2. The third-order valence-corrected chi connectivity index (χ3v) is 3.38. The Morgan fingerprint density at radius 2 is 2.05 bits per heavy atom. The van der Waals surface area contributed by atoms with Gasteiger partial charge in [0.25, 0.3) is 0 Å². The van der Waals surface area contributed by atoms with Crippen molar-refractivity contribution in [3.05, 3.63) is 42.0 Å². The summed E-state index contributed by atoms with van der Waals surface area (Å²) in [6.07, 6.45) is 6.52. The number of rotatable bonds is 6. The van der Waals surface area contributed by atoms with Crippen molar-refractivity contribution >= 4 is 6.03 Å². The topological polar surface area (TPSA) is 50.4 Å². The van der Waals surface area contributed by atoms with Gasteiger partial charge in [-0.2, -0.15) is 0 Å². The van der Waals surface area contributed by atoms with Crippen LogP contribution < -0.4 is 15.4 Å². The summed E-state index contributed by atoms with van der Waals surface area (Å²) in [5.74, 6) is 0.888. The van der Waals surface area contributed by atoms with Gasteiger partial charge in [0.1, 0.15) is 12.4 Å². The minimum absolute atomic E-state index is 0.195. The molecule has 20 heavy (non-hydrogen) atoms. The highest BCUT2D eigenvalue weighted by Gasteiger charge is 2.09. The van der Waals surface area contributed by atoms with Gasteiger partial charge in [0.15, 0.2) is 0 Å². The van der Waals surface area contributed by atoms with Crippen LogP contribution in [0.3, 0.4) is 0 Å². The Kier molecular flexibility index (Phi) is 5.47. The fourth-order valence-corrected chi connectivity index (χ4v) is 2.36. The molecule has 1 aromatic rings. The van der Waals surface area contributed by atoms with Crippen molar-refractivity contribution < 1.29 is 9.53 Å². The molecule has 0 aliphatic heterocycles. The van der Waals surface area contributed by atoms with E-state index in [1.807, 2.05) is 6.07 Å². The molecular weight excluding hydrogens is 252 g/mol. The summed E-state index contributed by atoms with van der Waals surface area (Å²) in [4.78, 5) is 11.3. The molecule has 108 valence electrons. The largest absolute Gasteiger partial charge is 0.492 e. The third kappa shape index (κ3) is 4.30. The van der Waals surface area contributed by atoms with Crippen LogP contribution in [0.5, 0.6) is 5.75 Å². The summed E-state index contributed by atoms with van der Waals surface area (Å²) in [6, 6.07) is 6.11. The first-order valence-electron chi connectivity index (χ1n) is 7.17. The van der Waals surface area contributed by atoms with Gasteiger partial charge < -0.3 is 15.4 Å². The van der Waals surface area contributed by atoms with Crippen molar-refractivity contribution in [1.29, 1.82) is 0 Å². The number of nitrogens with one attached hydrogen (secondary N) is 2. The van der Waals surface area contributed by atoms with Gasteiger partial charge in [-0.3, -0.25) is 0 Å². The van der Waals surface area contributed by atoms with Crippen LogP contribution in [0.4, 0.5) is 4.79 Å². The smallest absolute Gasteiger partial charge is 0.315 e. The third-order valence-electron chi connectivity index (χ3n) is 3.38. The van der Waals surface area contributed by atoms with E-state index in [-0.39, 0.29) is 6.03 Å². The molecule has 0 saturated heterocycles. The van der Waals surface area contributed by atoms with E-state index in [0.29, 0.717) is 19.7 Å². The maximum absolute atomic E-state index is 11.3. The Balaban J connectivity index is 1.71. The predicted molar refractivity (Wildman–Crippen MR) is 80.2 cm³/mol. The number of ether oxygens (including phenoxy) is 1. The fourth-order valence-electron chi connectivity index (χ4n) is 2.36. The summed E-state index contributed by atoms with van der Waals surface area (Å²) in [6.45, 7) is 4.97. The molecule has 0 heterocycles. The van der Waals surface area contributed by atoms with Gasteiger partial charge in [0, 0.05) is 6.54 Å². The van der Waals surface area contributed by atoms with Crippen molar-refractivity contribution in [3.63, 3.8) is 0 Å². The van der Waals surface area contributed by atoms with Crippen LogP contribution in [0.15, 0.2) is 30.9 Å². The summed E-state index contributed by atoms with van der Waals surface area (Å²) in [5, 5.41) is 5.38. The number of urea groups is 1. The first kappa shape index (κ1) is 14.4. The molecular formula is C16H22N2O2. The van der Waals surface area contributed by atoms with Gasteiger partial charge in [0.05, 0.1) is 6.54 Å². The Hall–Kier alpha value is -1.97. The zero-order valence-electron chi connectivity index (χ0n) is 11.8. The summed E-state index contributed by atoms with van der Waals surface area (Å²) in [5.41, 5.74) is 2.86. The first-order valence-corrected chi connectivity index (χ1v) is 7.17. The van der Waals surface area contributed by atoms with Crippen LogP contribution in [0.2, 0.25) is 0 Å². The minimum atomic E-state index is -0.195. The highest BCUT2D eigenvalue weighted by Crippen LogP contribution is 2.25. The monoisotopic (exact) mass is 274 g/mol. The van der Waals surface area contributed by atoms with E-state index in [2.05, 4.69) is 29.3 Å². The lowest BCUT2D eigenvalue weighted by Crippen LogP contribution is -2.37. The zero-order valence-corrected chi connectivity index (χ0v) is 11.8. The standard InChI is InChI=1S/C16H22N2O2/c1-2-9-17-16(19)18-10-11-20-15-8-7-13-5-3-4-6-14(13)12-15/h2,7-8,12H,1,3-6,9-11H2,(H2,17,18,19). The number of aryl methyl sites for hydroxylation is 2. The zero-order chi connectivity index (χ0) is 14.2. The van der Waals surface area contributed by atoms with Crippen LogP contribution in [-0.2, 0) is 12.8 Å². The molecule has 1 aliphatic rings. The second-order valence-electron chi connectivity index (χ2n) is 4.91. The van der Waals surface area contributed by atoms with E-state index < -0.39 is 0 Å². The van der Waals surface area contributed by atoms with E-state index in [1.54, 1.807) is 6.08 Å². The molecule has 0 radical (unpaired) electrons. The average molecular weight is 274 g/mol. The van der Waals surface area contributed by atoms with Crippen LogP contribution in [0.25, 0.3) is 0 Å². The maximum Gasteiger partial charge on any atom is 0.315 e. The van der Waals surface area contributed by atoms with Gasteiger partial charge in [0.2, 0.25) is 0 Å². The highest BCUT2D eigenvalue weighted by molar-refractivity contribution is 5.73. The predicted octanol–water partition coefficient (Wildman–Crippen LogP) is 2.43. The number of benzene rings is 1. The molecule has 0 saturated carbocycles. The van der Waals surface area contributed by atoms with Gasteiger partial charge in [-0.15, -0.1) is 6.58 Å². The van der Waals surface area contributed by atoms with Gasteiger partial charge >= 0.3 is 6.03 Å². The SMILES string of the molecule is C=CCNC(=O)NCCOc1ccc2c(c1)CCCC2. The molecule has 1 aliphatic carbocycles. The molecule has 4 nitrogen and oxygen atoms in total. The highest BCUT2D eigenvalue weighted by atomic mass is 16.5. The van der Waals surface area contributed by atoms with Crippen LogP contribution in [0, 0.1) is 0 Å². The Bertz CT molecular complexity index is 472. The number of hydrogen-bond acceptors (Lipinski definition) is 2. The van der Waals surface area contributed by atoms with E-state index in [0.717, 1.165) is 12.2 Å². The number of fused-ring (bicyclic) bond motifs is 1. The fraction of sp³-hybridized carbons (Fsp3) is 0.438. The van der Waals surface area contributed by atoms with Gasteiger partial charge in [-0.05, 0) is 48.9 Å². The average Bonchev–Trinajstić information content (AvgIpc) is 2.49. The Morgan fingerprint density at radius 3 is 2.85 bits per heavy atom. The van der Waals surface area contributed by atoms with Gasteiger partial charge in [-0.25, -0.2) is 4.79 Å². The molecule has 0 unspecified atom stereocenters. The number of hydrogen-bond donors (Lipinski definition) is 2. The van der Waals surface area contributed by atoms with E-state index >= 15 is 0 Å². The second kappa shape index (κ2) is 7.58. The molecule has 0 fully saturated rings. The normalized spacial score (nSPS) is 13.2. The molecule has 1 aromatic carbocycles. The quantitative estimate of drug-likeness (QED) is 0.618. The van der Waals surface area contributed by atoms with Crippen molar-refractivity contribution in [3.8, 4) is 5.75 Å². The molecule has 0 aromatic heterocycles. The molecule has 0 spiro atoms. The van der Waals surface area contributed by atoms with Crippen LogP contribution in [-0.4, -0.2) is 25.7 Å². The van der Waals surface area contributed by atoms with Crippen molar-refractivity contribution in [2.75, 3.05) is 19.7 Å². The van der Waals surface area contributed by atoms with Crippen molar-refractivity contribution in [1.82, 2.24) is 10.6 Å². The van der Waals surface area contributed by atoms with E-state index in [1.165, 1.54) is 30.4 Å². The molecule has 4 heteroatoms. The summed E-state index contributed by atoms with van der Waals surface area (Å²) >= 11 is 0. The molecule has 2 amide bonds. The lowest BCUT2D eigenvalue weighted by Gasteiger charge is -2.16. The van der Waals surface area contributed by atoms with E-state index in [9.17, 15) is 4.79 Å². The maximum atomic E-state index is 11.3. The van der Waals surface area contributed by atoms with Gasteiger partial charge in [-0.1, -0.05) is 12.1 Å². The Morgan fingerprint density at radius 1 is 1.25 bits per heavy atom. The van der Waals surface area contributed by atoms with E-state index in [4.69, 9.17) is 4.74 Å². The molecule has 2 N–H and O–H groups in total. The Labute approximate surface area is 120 Å². The lowest BCUT2D eigenvalue weighted by molar-refractivity contribution is 0.237. The minimum Gasteiger partial charge on any atom is -0.492 e.